The molecule has 4 aromatic rings. The number of hydrogen-bond donors (Lipinski definition) is 1. The van der Waals surface area contributed by atoms with Crippen LogP contribution in [0.5, 0.6) is 0 Å². The van der Waals surface area contributed by atoms with Gasteiger partial charge in [-0.2, -0.15) is 13.2 Å². The van der Waals surface area contributed by atoms with Crippen molar-refractivity contribution in [1.82, 2.24) is 10.2 Å². The summed E-state index contributed by atoms with van der Waals surface area (Å²) >= 11 is 0. The van der Waals surface area contributed by atoms with E-state index in [0.717, 1.165) is 28.8 Å². The average molecular weight is 680 g/mol. The summed E-state index contributed by atoms with van der Waals surface area (Å²) < 4.78 is 70.4. The number of nitrogens with one attached hydrogen (secondary N) is 1. The summed E-state index contributed by atoms with van der Waals surface area (Å²) in [5.41, 5.74) is 1.75. The summed E-state index contributed by atoms with van der Waals surface area (Å²) in [6.45, 7) is 6.50. The molecular formula is C37H40F3N3O4S. The molecule has 4 rings (SSSR count). The normalized spacial score (nSPS) is 13.0. The number of aryl methyl sites for hydroxylation is 2. The molecule has 0 aliphatic carbocycles. The van der Waals surface area contributed by atoms with Crippen molar-refractivity contribution < 1.29 is 31.2 Å². The van der Waals surface area contributed by atoms with Crippen LogP contribution in [0.15, 0.2) is 108 Å². The van der Waals surface area contributed by atoms with Crippen LogP contribution in [-0.2, 0) is 38.8 Å². The minimum Gasteiger partial charge on any atom is -0.352 e. The molecule has 0 fully saturated rings. The number of nitrogens with zero attached hydrogens (tertiary/aromatic N) is 2. The number of amides is 2. The zero-order valence-corrected chi connectivity index (χ0v) is 28.2. The minimum absolute atomic E-state index is 0.0487. The first kappa shape index (κ1) is 36.2. The van der Waals surface area contributed by atoms with Crippen LogP contribution in [0.4, 0.5) is 18.9 Å². The van der Waals surface area contributed by atoms with Gasteiger partial charge in [-0.25, -0.2) is 8.42 Å². The van der Waals surface area contributed by atoms with Gasteiger partial charge in [0, 0.05) is 19.0 Å². The van der Waals surface area contributed by atoms with E-state index in [4.69, 9.17) is 0 Å². The van der Waals surface area contributed by atoms with E-state index in [0.29, 0.717) is 22.4 Å². The van der Waals surface area contributed by atoms with Gasteiger partial charge in [-0.15, -0.1) is 0 Å². The van der Waals surface area contributed by atoms with Crippen molar-refractivity contribution in [3.8, 4) is 0 Å². The van der Waals surface area contributed by atoms with E-state index in [1.807, 2.05) is 69.3 Å². The average Bonchev–Trinajstić information content (AvgIpc) is 3.05. The number of anilines is 1. The molecule has 0 bridgehead atoms. The number of sulfonamides is 1. The Morgan fingerprint density at radius 1 is 0.812 bits per heavy atom. The Morgan fingerprint density at radius 3 is 2.08 bits per heavy atom. The van der Waals surface area contributed by atoms with Gasteiger partial charge in [-0.3, -0.25) is 13.9 Å². The Labute approximate surface area is 280 Å². The topological polar surface area (TPSA) is 86.8 Å². The second kappa shape index (κ2) is 15.5. The third-order valence-corrected chi connectivity index (χ3v) is 9.84. The van der Waals surface area contributed by atoms with E-state index in [9.17, 15) is 31.2 Å². The molecule has 11 heteroatoms. The number of carbonyl (C=O) groups is 2. The van der Waals surface area contributed by atoms with Crippen molar-refractivity contribution in [2.75, 3.05) is 10.8 Å². The maximum atomic E-state index is 14.5. The highest BCUT2D eigenvalue weighted by Crippen LogP contribution is 2.33. The van der Waals surface area contributed by atoms with Crippen LogP contribution in [0, 0.1) is 13.8 Å². The molecule has 0 aromatic heterocycles. The molecule has 0 heterocycles. The largest absolute Gasteiger partial charge is 0.416 e. The molecule has 0 aliphatic rings. The van der Waals surface area contributed by atoms with Gasteiger partial charge in [-0.1, -0.05) is 90.8 Å². The Balaban J connectivity index is 1.85. The first-order chi connectivity index (χ1) is 22.7. The summed E-state index contributed by atoms with van der Waals surface area (Å²) in [6.07, 6.45) is -4.01. The smallest absolute Gasteiger partial charge is 0.352 e. The highest BCUT2D eigenvalue weighted by atomic mass is 32.2. The molecule has 0 saturated heterocycles. The molecule has 0 saturated carbocycles. The molecule has 7 nitrogen and oxygen atoms in total. The second-order valence-corrected chi connectivity index (χ2v) is 13.8. The fourth-order valence-electron chi connectivity index (χ4n) is 5.21. The predicted octanol–water partition coefficient (Wildman–Crippen LogP) is 7.07. The van der Waals surface area contributed by atoms with Gasteiger partial charge in [0.15, 0.2) is 0 Å². The van der Waals surface area contributed by atoms with Crippen molar-refractivity contribution >= 4 is 27.5 Å². The number of hydrogen-bond acceptors (Lipinski definition) is 4. The van der Waals surface area contributed by atoms with E-state index in [1.165, 1.54) is 23.1 Å². The SMILES string of the molecule is CCC(C)NC(=O)C(Cc1ccccc1)N(Cc1cccc(C)c1)C(=O)CN(c1cccc(C(F)(F)F)c1)S(=O)(=O)c1ccc(C)cc1. The molecule has 0 radical (unpaired) electrons. The highest BCUT2D eigenvalue weighted by Gasteiger charge is 2.36. The van der Waals surface area contributed by atoms with E-state index in [2.05, 4.69) is 5.32 Å². The fourth-order valence-corrected chi connectivity index (χ4v) is 6.61. The summed E-state index contributed by atoms with van der Waals surface area (Å²) in [5.74, 6) is -1.19. The van der Waals surface area contributed by atoms with Gasteiger partial charge in [-0.05, 0) is 68.7 Å². The minimum atomic E-state index is -4.76. The number of rotatable bonds is 13. The lowest BCUT2D eigenvalue weighted by Crippen LogP contribution is -2.54. The first-order valence-corrected chi connectivity index (χ1v) is 17.1. The van der Waals surface area contributed by atoms with Crippen LogP contribution in [0.25, 0.3) is 0 Å². The Morgan fingerprint density at radius 2 is 1.46 bits per heavy atom. The zero-order valence-electron chi connectivity index (χ0n) is 27.4. The van der Waals surface area contributed by atoms with E-state index in [-0.39, 0.29) is 29.6 Å². The summed E-state index contributed by atoms with van der Waals surface area (Å²) in [5, 5.41) is 2.96. The van der Waals surface area contributed by atoms with Crippen LogP contribution in [0.3, 0.4) is 0 Å². The highest BCUT2D eigenvalue weighted by molar-refractivity contribution is 7.92. The lowest BCUT2D eigenvalue weighted by atomic mass is 10.0. The Bertz CT molecular complexity index is 1810. The molecule has 254 valence electrons. The van der Waals surface area contributed by atoms with E-state index >= 15 is 0 Å². The maximum absolute atomic E-state index is 14.5. The van der Waals surface area contributed by atoms with Crippen molar-refractivity contribution in [2.45, 2.75) is 70.2 Å². The number of alkyl halides is 3. The van der Waals surface area contributed by atoms with Gasteiger partial charge >= 0.3 is 6.18 Å². The summed E-state index contributed by atoms with van der Waals surface area (Å²) in [4.78, 5) is 29.6. The van der Waals surface area contributed by atoms with Crippen LogP contribution in [-0.4, -0.2) is 43.8 Å². The molecule has 0 aliphatic heterocycles. The Hall–Kier alpha value is -4.64. The van der Waals surface area contributed by atoms with Crippen LogP contribution < -0.4 is 9.62 Å². The van der Waals surface area contributed by atoms with Crippen LogP contribution in [0.1, 0.15) is 48.1 Å². The van der Waals surface area contributed by atoms with Gasteiger partial charge in [0.05, 0.1) is 16.1 Å². The van der Waals surface area contributed by atoms with Crippen molar-refractivity contribution in [1.29, 1.82) is 0 Å². The zero-order chi connectivity index (χ0) is 35.1. The van der Waals surface area contributed by atoms with Crippen molar-refractivity contribution in [3.63, 3.8) is 0 Å². The molecular weight excluding hydrogens is 639 g/mol. The standard InChI is InChI=1S/C37H40F3N3O4S/c1-5-28(4)41-36(45)34(22-29-12-7-6-8-13-29)42(24-30-14-9-11-27(3)21-30)35(44)25-43(32-16-10-15-31(23-32)37(38,39)40)48(46,47)33-19-17-26(2)18-20-33/h6-21,23,28,34H,5,22,24-25H2,1-4H3,(H,41,45). The predicted molar refractivity (Wildman–Crippen MR) is 181 cm³/mol. The molecule has 2 amide bonds. The lowest BCUT2D eigenvalue weighted by molar-refractivity contribution is -0.140. The Kier molecular flexibility index (Phi) is 11.7. The van der Waals surface area contributed by atoms with Crippen molar-refractivity contribution in [2.24, 2.45) is 0 Å². The molecule has 2 unspecified atom stereocenters. The number of carbonyl (C=O) groups excluding carboxylic acids is 2. The van der Waals surface area contributed by atoms with Gasteiger partial charge in [0.1, 0.15) is 12.6 Å². The van der Waals surface area contributed by atoms with E-state index in [1.54, 1.807) is 25.1 Å². The number of halogens is 3. The molecule has 48 heavy (non-hydrogen) atoms. The van der Waals surface area contributed by atoms with Gasteiger partial charge in [0.25, 0.3) is 10.0 Å². The quantitative estimate of drug-likeness (QED) is 0.164. The molecule has 4 aromatic carbocycles. The van der Waals surface area contributed by atoms with Gasteiger partial charge < -0.3 is 10.2 Å². The monoisotopic (exact) mass is 679 g/mol. The van der Waals surface area contributed by atoms with Crippen LogP contribution >= 0.6 is 0 Å². The van der Waals surface area contributed by atoms with Gasteiger partial charge in [0.2, 0.25) is 11.8 Å². The maximum Gasteiger partial charge on any atom is 0.416 e. The lowest BCUT2D eigenvalue weighted by Gasteiger charge is -2.34. The first-order valence-electron chi connectivity index (χ1n) is 15.6. The fraction of sp³-hybridized carbons (Fsp3) is 0.297. The number of benzene rings is 4. The van der Waals surface area contributed by atoms with Crippen molar-refractivity contribution in [3.05, 3.63) is 131 Å². The third kappa shape index (κ3) is 9.25. The van der Waals surface area contributed by atoms with Crippen LogP contribution in [0.2, 0.25) is 0 Å². The molecule has 2 atom stereocenters. The van der Waals surface area contributed by atoms with E-state index < -0.39 is 46.2 Å². The second-order valence-electron chi connectivity index (χ2n) is 11.9. The summed E-state index contributed by atoms with van der Waals surface area (Å²) in [7, 11) is -4.55. The molecule has 0 spiro atoms. The summed E-state index contributed by atoms with van der Waals surface area (Å²) in [6, 6.07) is 24.9. The third-order valence-electron chi connectivity index (χ3n) is 8.06. The molecule has 1 N–H and O–H groups in total.